The van der Waals surface area contributed by atoms with Crippen molar-refractivity contribution < 1.29 is 4.79 Å². The van der Waals surface area contributed by atoms with E-state index < -0.39 is 0 Å². The van der Waals surface area contributed by atoms with Crippen molar-refractivity contribution >= 4 is 16.9 Å². The van der Waals surface area contributed by atoms with Gasteiger partial charge in [0.05, 0.1) is 17.1 Å². The number of rotatable bonds is 6. The molecular formula is C24H23N3O2. The maximum Gasteiger partial charge on any atom is 0.329 e. The van der Waals surface area contributed by atoms with Gasteiger partial charge in [-0.1, -0.05) is 72.8 Å². The van der Waals surface area contributed by atoms with E-state index in [9.17, 15) is 9.59 Å². The highest BCUT2D eigenvalue weighted by Gasteiger charge is 2.18. The minimum absolute atomic E-state index is 0.0156. The Bertz CT molecular complexity index is 1180. The summed E-state index contributed by atoms with van der Waals surface area (Å²) in [6, 6.07) is 27.3. The Morgan fingerprint density at radius 3 is 2.14 bits per heavy atom. The number of aromatic nitrogens is 2. The van der Waals surface area contributed by atoms with Crippen molar-refractivity contribution in [2.75, 3.05) is 0 Å². The Hall–Kier alpha value is -3.60. The van der Waals surface area contributed by atoms with E-state index in [1.54, 1.807) is 11.6 Å². The van der Waals surface area contributed by atoms with Gasteiger partial charge in [0.25, 0.3) is 0 Å². The third-order valence-electron chi connectivity index (χ3n) is 5.17. The number of amides is 1. The number of hydrogen-bond donors (Lipinski definition) is 1. The lowest BCUT2D eigenvalue weighted by Crippen LogP contribution is -2.35. The molecule has 0 bridgehead atoms. The number of nitrogens with zero attached hydrogens (tertiary/aromatic N) is 2. The molecular weight excluding hydrogens is 362 g/mol. The van der Waals surface area contributed by atoms with E-state index in [1.165, 1.54) is 4.57 Å². The Labute approximate surface area is 169 Å². The number of para-hydroxylation sites is 2. The Balaban J connectivity index is 1.59. The molecule has 0 radical (unpaired) electrons. The lowest BCUT2D eigenvalue weighted by atomic mass is 9.99. The van der Waals surface area contributed by atoms with Crippen LogP contribution in [0.5, 0.6) is 0 Å². The van der Waals surface area contributed by atoms with Crippen molar-refractivity contribution in [2.45, 2.75) is 19.0 Å². The van der Waals surface area contributed by atoms with E-state index in [0.717, 1.165) is 22.2 Å². The summed E-state index contributed by atoms with van der Waals surface area (Å²) in [5.41, 5.74) is 3.56. The molecule has 0 spiro atoms. The molecule has 5 nitrogen and oxygen atoms in total. The summed E-state index contributed by atoms with van der Waals surface area (Å²) in [5, 5.41) is 3.12. The standard InChI is InChI=1S/C24H23N3O2/c1-26-21-14-8-9-15-22(21)27(24(26)29)17-23(28)25-20(19-12-6-3-7-13-19)16-18-10-4-2-5-11-18/h2-15,20H,16-17H2,1H3,(H,25,28)/t20-/m0/s1. The van der Waals surface area contributed by atoms with Gasteiger partial charge in [0.1, 0.15) is 6.54 Å². The van der Waals surface area contributed by atoms with Crippen molar-refractivity contribution in [1.29, 1.82) is 0 Å². The van der Waals surface area contributed by atoms with Crippen LogP contribution < -0.4 is 11.0 Å². The zero-order valence-corrected chi connectivity index (χ0v) is 16.3. The highest BCUT2D eigenvalue weighted by molar-refractivity contribution is 5.81. The second kappa shape index (κ2) is 8.19. The molecule has 4 rings (SSSR count). The first-order valence-electron chi connectivity index (χ1n) is 9.66. The van der Waals surface area contributed by atoms with Crippen LogP contribution in [0, 0.1) is 0 Å². The number of nitrogens with one attached hydrogen (secondary N) is 1. The van der Waals surface area contributed by atoms with Crippen LogP contribution in [-0.2, 0) is 24.8 Å². The van der Waals surface area contributed by atoms with Crippen molar-refractivity contribution in [3.05, 3.63) is 107 Å². The summed E-state index contributed by atoms with van der Waals surface area (Å²) in [7, 11) is 1.72. The molecule has 0 aliphatic carbocycles. The third kappa shape index (κ3) is 3.99. The molecule has 146 valence electrons. The number of carbonyl (C=O) groups is 1. The van der Waals surface area contributed by atoms with E-state index in [-0.39, 0.29) is 24.2 Å². The number of aryl methyl sites for hydroxylation is 1. The summed E-state index contributed by atoms with van der Waals surface area (Å²) in [6.07, 6.45) is 0.682. The van der Waals surface area contributed by atoms with Crippen LogP contribution in [0.1, 0.15) is 17.2 Å². The zero-order valence-electron chi connectivity index (χ0n) is 16.3. The molecule has 1 atom stereocenters. The number of imidazole rings is 1. The maximum absolute atomic E-state index is 12.9. The van der Waals surface area contributed by atoms with E-state index >= 15 is 0 Å². The van der Waals surface area contributed by atoms with Gasteiger partial charge < -0.3 is 5.32 Å². The third-order valence-corrected chi connectivity index (χ3v) is 5.17. The van der Waals surface area contributed by atoms with Gasteiger partial charge in [0.15, 0.2) is 0 Å². The Kier molecular flexibility index (Phi) is 5.29. The largest absolute Gasteiger partial charge is 0.347 e. The molecule has 29 heavy (non-hydrogen) atoms. The molecule has 1 aromatic heterocycles. The minimum atomic E-state index is -0.194. The van der Waals surface area contributed by atoms with Gasteiger partial charge in [0.2, 0.25) is 5.91 Å². The van der Waals surface area contributed by atoms with Crippen molar-refractivity contribution in [1.82, 2.24) is 14.5 Å². The van der Waals surface area contributed by atoms with Gasteiger partial charge in [-0.15, -0.1) is 0 Å². The molecule has 0 aliphatic heterocycles. The lowest BCUT2D eigenvalue weighted by Gasteiger charge is -2.20. The van der Waals surface area contributed by atoms with Gasteiger partial charge >= 0.3 is 5.69 Å². The second-order valence-corrected chi connectivity index (χ2v) is 7.14. The van der Waals surface area contributed by atoms with Gasteiger partial charge in [0, 0.05) is 7.05 Å². The monoisotopic (exact) mass is 385 g/mol. The lowest BCUT2D eigenvalue weighted by molar-refractivity contribution is -0.122. The summed E-state index contributed by atoms with van der Waals surface area (Å²) in [4.78, 5) is 25.5. The van der Waals surface area contributed by atoms with Crippen molar-refractivity contribution in [3.63, 3.8) is 0 Å². The SMILES string of the molecule is Cn1c(=O)n(CC(=O)N[C@@H](Cc2ccccc2)c2ccccc2)c2ccccc21. The van der Waals surface area contributed by atoms with E-state index in [0.29, 0.717) is 6.42 Å². The normalized spacial score (nSPS) is 12.0. The molecule has 4 aromatic rings. The van der Waals surface area contributed by atoms with E-state index in [2.05, 4.69) is 17.4 Å². The Morgan fingerprint density at radius 1 is 0.862 bits per heavy atom. The number of carbonyl (C=O) groups excluding carboxylic acids is 1. The van der Waals surface area contributed by atoms with Crippen molar-refractivity contribution in [3.8, 4) is 0 Å². The Morgan fingerprint density at radius 2 is 1.45 bits per heavy atom. The molecule has 1 amide bonds. The number of hydrogen-bond acceptors (Lipinski definition) is 2. The van der Waals surface area contributed by atoms with Gasteiger partial charge in [-0.2, -0.15) is 0 Å². The van der Waals surface area contributed by atoms with Crippen LogP contribution in [0.25, 0.3) is 11.0 Å². The summed E-state index contributed by atoms with van der Waals surface area (Å²) < 4.78 is 3.09. The molecule has 1 N–H and O–H groups in total. The molecule has 0 aliphatic rings. The first-order chi connectivity index (χ1) is 14.1. The summed E-state index contributed by atoms with van der Waals surface area (Å²) in [6.45, 7) is -0.0156. The minimum Gasteiger partial charge on any atom is -0.347 e. The first-order valence-corrected chi connectivity index (χ1v) is 9.66. The molecule has 0 fully saturated rings. The molecule has 0 saturated carbocycles. The summed E-state index contributed by atoms with van der Waals surface area (Å²) >= 11 is 0. The maximum atomic E-state index is 12.9. The summed E-state index contributed by atoms with van der Waals surface area (Å²) in [5.74, 6) is -0.187. The molecule has 1 heterocycles. The quantitative estimate of drug-likeness (QED) is 0.553. The highest BCUT2D eigenvalue weighted by atomic mass is 16.2. The first kappa shape index (κ1) is 18.7. The molecule has 0 saturated heterocycles. The number of benzene rings is 3. The van der Waals surface area contributed by atoms with Crippen molar-refractivity contribution in [2.24, 2.45) is 7.05 Å². The fourth-order valence-corrected chi connectivity index (χ4v) is 3.69. The van der Waals surface area contributed by atoms with E-state index in [4.69, 9.17) is 0 Å². The van der Waals surface area contributed by atoms with Crippen LogP contribution >= 0.6 is 0 Å². The predicted molar refractivity (Wildman–Crippen MR) is 115 cm³/mol. The fourth-order valence-electron chi connectivity index (χ4n) is 3.69. The molecule has 3 aromatic carbocycles. The second-order valence-electron chi connectivity index (χ2n) is 7.14. The number of fused-ring (bicyclic) bond motifs is 1. The smallest absolute Gasteiger partial charge is 0.329 e. The average molecular weight is 385 g/mol. The van der Waals surface area contributed by atoms with Crippen LogP contribution in [0.4, 0.5) is 0 Å². The molecule has 0 unspecified atom stereocenters. The molecule has 5 heteroatoms. The highest BCUT2D eigenvalue weighted by Crippen LogP contribution is 2.19. The fraction of sp³-hybridized carbons (Fsp3) is 0.167. The van der Waals surface area contributed by atoms with Gasteiger partial charge in [-0.3, -0.25) is 13.9 Å². The average Bonchev–Trinajstić information content (AvgIpc) is 3.00. The van der Waals surface area contributed by atoms with Gasteiger partial charge in [-0.25, -0.2) is 4.79 Å². The van der Waals surface area contributed by atoms with Crippen LogP contribution in [0.15, 0.2) is 89.7 Å². The van der Waals surface area contributed by atoms with Crippen LogP contribution in [-0.4, -0.2) is 15.0 Å². The topological polar surface area (TPSA) is 56.0 Å². The zero-order chi connectivity index (χ0) is 20.2. The van der Waals surface area contributed by atoms with Crippen LogP contribution in [0.3, 0.4) is 0 Å². The van der Waals surface area contributed by atoms with E-state index in [1.807, 2.05) is 72.8 Å². The predicted octanol–water partition coefficient (Wildman–Crippen LogP) is 3.44. The van der Waals surface area contributed by atoms with Crippen LogP contribution in [0.2, 0.25) is 0 Å². The van der Waals surface area contributed by atoms with Gasteiger partial charge in [-0.05, 0) is 29.7 Å².